The molecule has 0 fully saturated rings. The zero-order valence-electron chi connectivity index (χ0n) is 12.9. The first-order valence-electron chi connectivity index (χ1n) is 7.52. The first-order valence-corrected chi connectivity index (χ1v) is 7.52. The van der Waals surface area contributed by atoms with Gasteiger partial charge in [-0.3, -0.25) is 0 Å². The summed E-state index contributed by atoms with van der Waals surface area (Å²) in [6, 6.07) is 0. The molecule has 1 heterocycles. The van der Waals surface area contributed by atoms with E-state index in [4.69, 9.17) is 9.15 Å². The summed E-state index contributed by atoms with van der Waals surface area (Å²) in [4.78, 5) is 0. The lowest BCUT2D eigenvalue weighted by Crippen LogP contribution is -2.28. The number of nitrogens with zero attached hydrogens (tertiary/aromatic N) is 2. The molecule has 110 valence electrons. The number of aryl methyl sites for hydroxylation is 1. The molecule has 0 aliphatic carbocycles. The third-order valence-electron chi connectivity index (χ3n) is 3.48. The SMILES string of the molecule is CCCCCC(C)(CCCC)OCc1nnc(C)o1. The fraction of sp³-hybridized carbons (Fsp3) is 0.867. The van der Waals surface area contributed by atoms with Crippen molar-refractivity contribution in [2.24, 2.45) is 0 Å². The number of unbranched alkanes of at least 4 members (excludes halogenated alkanes) is 3. The summed E-state index contributed by atoms with van der Waals surface area (Å²) in [5.74, 6) is 1.18. The Bertz CT molecular complexity index is 352. The van der Waals surface area contributed by atoms with E-state index >= 15 is 0 Å². The predicted octanol–water partition coefficient (Wildman–Crippen LogP) is 4.42. The van der Waals surface area contributed by atoms with Crippen LogP contribution in [0, 0.1) is 6.92 Å². The molecule has 0 amide bonds. The number of ether oxygens (including phenoxy) is 1. The van der Waals surface area contributed by atoms with Gasteiger partial charge < -0.3 is 9.15 Å². The quantitative estimate of drug-likeness (QED) is 0.589. The molecule has 0 aromatic carbocycles. The summed E-state index contributed by atoms with van der Waals surface area (Å²) in [5, 5.41) is 7.81. The van der Waals surface area contributed by atoms with Crippen molar-refractivity contribution >= 4 is 0 Å². The van der Waals surface area contributed by atoms with Crippen LogP contribution in [0.15, 0.2) is 4.42 Å². The summed E-state index contributed by atoms with van der Waals surface area (Å²) < 4.78 is 11.4. The van der Waals surface area contributed by atoms with Crippen LogP contribution in [-0.2, 0) is 11.3 Å². The van der Waals surface area contributed by atoms with Crippen LogP contribution in [0.5, 0.6) is 0 Å². The Kier molecular flexibility index (Phi) is 7.06. The van der Waals surface area contributed by atoms with Crippen molar-refractivity contribution in [3.63, 3.8) is 0 Å². The Morgan fingerprint density at radius 1 is 1.05 bits per heavy atom. The Morgan fingerprint density at radius 2 is 1.74 bits per heavy atom. The molecule has 4 nitrogen and oxygen atoms in total. The van der Waals surface area contributed by atoms with Gasteiger partial charge in [-0.1, -0.05) is 46.0 Å². The minimum absolute atomic E-state index is 0.0619. The molecule has 4 heteroatoms. The summed E-state index contributed by atoms with van der Waals surface area (Å²) in [5.41, 5.74) is -0.0619. The van der Waals surface area contributed by atoms with Gasteiger partial charge in [0.15, 0.2) is 0 Å². The number of hydrogen-bond acceptors (Lipinski definition) is 4. The molecule has 1 aromatic heterocycles. The van der Waals surface area contributed by atoms with Crippen molar-refractivity contribution in [3.8, 4) is 0 Å². The molecule has 0 N–H and O–H groups in total. The summed E-state index contributed by atoms with van der Waals surface area (Å²) >= 11 is 0. The molecule has 1 aromatic rings. The summed E-state index contributed by atoms with van der Waals surface area (Å²) in [7, 11) is 0. The zero-order chi connectivity index (χ0) is 14.1. The first-order chi connectivity index (χ1) is 9.09. The molecule has 0 aliphatic heterocycles. The van der Waals surface area contributed by atoms with E-state index in [9.17, 15) is 0 Å². The van der Waals surface area contributed by atoms with Crippen molar-refractivity contribution in [2.45, 2.75) is 84.8 Å². The normalized spacial score (nSPS) is 14.5. The second kappa shape index (κ2) is 8.31. The molecule has 0 aliphatic rings. The van der Waals surface area contributed by atoms with Crippen molar-refractivity contribution in [2.75, 3.05) is 0 Å². The fourth-order valence-corrected chi connectivity index (χ4v) is 2.20. The highest BCUT2D eigenvalue weighted by Crippen LogP contribution is 2.27. The Balaban J connectivity index is 2.47. The van der Waals surface area contributed by atoms with Gasteiger partial charge in [0.2, 0.25) is 11.8 Å². The topological polar surface area (TPSA) is 48.2 Å². The molecule has 0 saturated heterocycles. The molecular formula is C15H28N2O2. The van der Waals surface area contributed by atoms with Crippen LogP contribution in [0.2, 0.25) is 0 Å². The first kappa shape index (κ1) is 16.2. The van der Waals surface area contributed by atoms with E-state index in [2.05, 4.69) is 31.0 Å². The zero-order valence-corrected chi connectivity index (χ0v) is 12.9. The molecule has 0 bridgehead atoms. The van der Waals surface area contributed by atoms with Crippen molar-refractivity contribution in [3.05, 3.63) is 11.8 Å². The van der Waals surface area contributed by atoms with Crippen LogP contribution >= 0.6 is 0 Å². The van der Waals surface area contributed by atoms with Gasteiger partial charge in [0.1, 0.15) is 6.61 Å². The van der Waals surface area contributed by atoms with E-state index in [1.807, 2.05) is 0 Å². The maximum absolute atomic E-state index is 6.08. The van der Waals surface area contributed by atoms with Gasteiger partial charge in [-0.15, -0.1) is 10.2 Å². The second-order valence-electron chi connectivity index (χ2n) is 5.51. The summed E-state index contributed by atoms with van der Waals surface area (Å²) in [6.45, 7) is 8.88. The average molecular weight is 268 g/mol. The van der Waals surface area contributed by atoms with Crippen molar-refractivity contribution < 1.29 is 9.15 Å². The number of rotatable bonds is 10. The Morgan fingerprint density at radius 3 is 2.32 bits per heavy atom. The van der Waals surface area contributed by atoms with E-state index in [0.29, 0.717) is 18.4 Å². The monoisotopic (exact) mass is 268 g/mol. The average Bonchev–Trinajstić information content (AvgIpc) is 2.81. The van der Waals surface area contributed by atoms with E-state index in [-0.39, 0.29) is 5.60 Å². The van der Waals surface area contributed by atoms with Gasteiger partial charge in [-0.25, -0.2) is 0 Å². The number of aromatic nitrogens is 2. The molecule has 1 unspecified atom stereocenters. The molecule has 0 spiro atoms. The highest BCUT2D eigenvalue weighted by Gasteiger charge is 2.24. The van der Waals surface area contributed by atoms with E-state index in [0.717, 1.165) is 12.8 Å². The van der Waals surface area contributed by atoms with Gasteiger partial charge in [-0.2, -0.15) is 0 Å². The van der Waals surface area contributed by atoms with Crippen LogP contribution in [0.1, 0.15) is 77.5 Å². The van der Waals surface area contributed by atoms with Gasteiger partial charge in [0, 0.05) is 6.92 Å². The smallest absolute Gasteiger partial charge is 0.242 e. The lowest BCUT2D eigenvalue weighted by Gasteiger charge is -2.29. The highest BCUT2D eigenvalue weighted by molar-refractivity contribution is 4.80. The van der Waals surface area contributed by atoms with Crippen LogP contribution in [0.3, 0.4) is 0 Å². The standard InChI is InChI=1S/C15H28N2O2/c1-5-7-9-11-15(4,10-8-6-2)18-12-14-17-16-13(3)19-14/h5-12H2,1-4H3. The molecule has 19 heavy (non-hydrogen) atoms. The minimum atomic E-state index is -0.0619. The van der Waals surface area contributed by atoms with Crippen LogP contribution in [0.4, 0.5) is 0 Å². The van der Waals surface area contributed by atoms with E-state index in [1.54, 1.807) is 6.92 Å². The molecular weight excluding hydrogens is 240 g/mol. The van der Waals surface area contributed by atoms with Gasteiger partial charge >= 0.3 is 0 Å². The van der Waals surface area contributed by atoms with Crippen LogP contribution in [-0.4, -0.2) is 15.8 Å². The van der Waals surface area contributed by atoms with Crippen LogP contribution < -0.4 is 0 Å². The molecule has 1 atom stereocenters. The van der Waals surface area contributed by atoms with E-state index < -0.39 is 0 Å². The van der Waals surface area contributed by atoms with E-state index in [1.165, 1.54) is 32.1 Å². The van der Waals surface area contributed by atoms with Crippen molar-refractivity contribution in [1.29, 1.82) is 0 Å². The lowest BCUT2D eigenvalue weighted by atomic mass is 9.92. The van der Waals surface area contributed by atoms with Gasteiger partial charge in [0.05, 0.1) is 5.60 Å². The summed E-state index contributed by atoms with van der Waals surface area (Å²) in [6.07, 6.45) is 8.34. The largest absolute Gasteiger partial charge is 0.423 e. The van der Waals surface area contributed by atoms with Crippen molar-refractivity contribution in [1.82, 2.24) is 10.2 Å². The molecule has 0 radical (unpaired) electrons. The maximum atomic E-state index is 6.08. The predicted molar refractivity (Wildman–Crippen MR) is 75.9 cm³/mol. The molecule has 0 saturated carbocycles. The Hall–Kier alpha value is -0.900. The number of hydrogen-bond donors (Lipinski definition) is 0. The fourth-order valence-electron chi connectivity index (χ4n) is 2.20. The highest BCUT2D eigenvalue weighted by atomic mass is 16.5. The third-order valence-corrected chi connectivity index (χ3v) is 3.48. The molecule has 1 rings (SSSR count). The van der Waals surface area contributed by atoms with Gasteiger partial charge in [0.25, 0.3) is 0 Å². The Labute approximate surface area is 116 Å². The third kappa shape index (κ3) is 6.19. The second-order valence-corrected chi connectivity index (χ2v) is 5.51. The maximum Gasteiger partial charge on any atom is 0.242 e. The minimum Gasteiger partial charge on any atom is -0.423 e. The van der Waals surface area contributed by atoms with Gasteiger partial charge in [-0.05, 0) is 19.8 Å². The van der Waals surface area contributed by atoms with Crippen LogP contribution in [0.25, 0.3) is 0 Å². The lowest BCUT2D eigenvalue weighted by molar-refractivity contribution is -0.0648.